The Bertz CT molecular complexity index is 1130. The van der Waals surface area contributed by atoms with Gasteiger partial charge in [0.25, 0.3) is 5.95 Å². The first-order chi connectivity index (χ1) is 17.9. The largest absolute Gasteiger partial charge is 0.494 e. The van der Waals surface area contributed by atoms with Gasteiger partial charge in [-0.05, 0) is 87.1 Å². The molecule has 2 heterocycles. The quantitative estimate of drug-likeness (QED) is 0.209. The number of aromatic nitrogens is 3. The summed E-state index contributed by atoms with van der Waals surface area (Å²) in [7, 11) is 0. The number of anilines is 2. The number of aryl methyl sites for hydroxylation is 1. The molecule has 3 aromatic rings. The van der Waals surface area contributed by atoms with E-state index in [1.165, 1.54) is 44.0 Å². The molecule has 0 saturated carbocycles. The normalized spacial score (nSPS) is 14.5. The van der Waals surface area contributed by atoms with E-state index in [9.17, 15) is 13.2 Å². The van der Waals surface area contributed by atoms with E-state index >= 15 is 0 Å². The van der Waals surface area contributed by atoms with Crippen LogP contribution in [0.1, 0.15) is 43.7 Å². The van der Waals surface area contributed by atoms with Crippen LogP contribution in [-0.4, -0.2) is 45.9 Å². The van der Waals surface area contributed by atoms with Crippen LogP contribution in [0, 0.1) is 0 Å². The number of ether oxygens (including phenoxy) is 1. The molecule has 1 aliphatic heterocycles. The molecule has 1 aliphatic rings. The molecule has 1 aromatic heterocycles. The second kappa shape index (κ2) is 13.0. The molecule has 4 rings (SSSR count). The zero-order chi connectivity index (χ0) is 26.1. The Morgan fingerprint density at radius 2 is 1.86 bits per heavy atom. The third-order valence-corrected chi connectivity index (χ3v) is 6.79. The van der Waals surface area contributed by atoms with Gasteiger partial charge in [-0.15, -0.1) is 5.10 Å². The molecule has 1 saturated heterocycles. The molecule has 2 aromatic carbocycles. The van der Waals surface area contributed by atoms with E-state index in [0.717, 1.165) is 42.8 Å². The topological polar surface area (TPSA) is 67.2 Å². The molecule has 1 fully saturated rings. The lowest BCUT2D eigenvalue weighted by molar-refractivity contribution is -0.137. The van der Waals surface area contributed by atoms with Crippen LogP contribution >= 0.6 is 11.9 Å². The molecule has 0 radical (unpaired) electrons. The number of nitrogens with zero attached hydrogens (tertiary/aromatic N) is 4. The van der Waals surface area contributed by atoms with Crippen LogP contribution in [0.2, 0.25) is 0 Å². The van der Waals surface area contributed by atoms with Gasteiger partial charge in [-0.3, -0.25) is 9.62 Å². The monoisotopic (exact) mass is 534 g/mol. The molecule has 0 spiro atoms. The zero-order valence-corrected chi connectivity index (χ0v) is 21.7. The van der Waals surface area contributed by atoms with Gasteiger partial charge in [-0.25, -0.2) is 4.68 Å². The summed E-state index contributed by atoms with van der Waals surface area (Å²) in [6.07, 6.45) is 0.283. The lowest BCUT2D eigenvalue weighted by Crippen LogP contribution is -2.29. The molecule has 37 heavy (non-hydrogen) atoms. The van der Waals surface area contributed by atoms with Crippen molar-refractivity contribution in [1.29, 1.82) is 0 Å². The number of nitrogens with one attached hydrogen (secondary N) is 2. The number of piperidine rings is 1. The van der Waals surface area contributed by atoms with E-state index in [0.29, 0.717) is 36.5 Å². The van der Waals surface area contributed by atoms with Crippen molar-refractivity contribution in [2.75, 3.05) is 36.3 Å². The van der Waals surface area contributed by atoms with Gasteiger partial charge in [0.05, 0.1) is 12.2 Å². The van der Waals surface area contributed by atoms with Crippen molar-refractivity contribution in [3.05, 3.63) is 59.7 Å². The van der Waals surface area contributed by atoms with Crippen molar-refractivity contribution >= 4 is 23.8 Å². The Labute approximate surface area is 219 Å². The third-order valence-electron chi connectivity index (χ3n) is 6.02. The van der Waals surface area contributed by atoms with Crippen LogP contribution in [-0.2, 0) is 19.3 Å². The number of benzene rings is 2. The van der Waals surface area contributed by atoms with Crippen LogP contribution in [0.3, 0.4) is 0 Å². The van der Waals surface area contributed by atoms with Crippen molar-refractivity contribution in [3.8, 4) is 5.75 Å². The van der Waals surface area contributed by atoms with E-state index in [2.05, 4.69) is 37.2 Å². The fourth-order valence-electron chi connectivity index (χ4n) is 4.15. The molecule has 200 valence electrons. The van der Waals surface area contributed by atoms with E-state index in [-0.39, 0.29) is 0 Å². The predicted molar refractivity (Wildman–Crippen MR) is 141 cm³/mol. The molecule has 0 unspecified atom stereocenters. The average molecular weight is 535 g/mol. The van der Waals surface area contributed by atoms with Crippen LogP contribution in [0.15, 0.2) is 53.4 Å². The van der Waals surface area contributed by atoms with Gasteiger partial charge in [0, 0.05) is 24.5 Å². The van der Waals surface area contributed by atoms with Gasteiger partial charge in [-0.2, -0.15) is 18.2 Å². The average Bonchev–Trinajstić information content (AvgIpc) is 3.30. The Kier molecular flexibility index (Phi) is 9.56. The minimum absolute atomic E-state index is 0.327. The molecular weight excluding hydrogens is 501 g/mol. The number of alkyl halides is 3. The highest BCUT2D eigenvalue weighted by Gasteiger charge is 2.30. The van der Waals surface area contributed by atoms with E-state index in [4.69, 9.17) is 4.74 Å². The Morgan fingerprint density at radius 3 is 2.65 bits per heavy atom. The number of rotatable bonds is 12. The smallest absolute Gasteiger partial charge is 0.416 e. The highest BCUT2D eigenvalue weighted by Crippen LogP contribution is 2.32. The summed E-state index contributed by atoms with van der Waals surface area (Å²) in [5.41, 5.74) is 0.584. The minimum Gasteiger partial charge on any atom is -0.494 e. The molecule has 0 atom stereocenters. The summed E-state index contributed by atoms with van der Waals surface area (Å²) in [5, 5.41) is 7.64. The zero-order valence-electron chi connectivity index (χ0n) is 20.9. The summed E-state index contributed by atoms with van der Waals surface area (Å²) in [6.45, 7) is 7.06. The molecule has 11 heteroatoms. The fourth-order valence-corrected chi connectivity index (χ4v) is 4.78. The Balaban J connectivity index is 1.21. The molecule has 0 amide bonds. The molecule has 2 N–H and O–H groups in total. The van der Waals surface area contributed by atoms with Crippen LogP contribution in [0.5, 0.6) is 5.75 Å². The summed E-state index contributed by atoms with van der Waals surface area (Å²) in [6, 6.07) is 13.4. The Morgan fingerprint density at radius 1 is 1.05 bits per heavy atom. The van der Waals surface area contributed by atoms with E-state index in [1.54, 1.807) is 10.7 Å². The van der Waals surface area contributed by atoms with Crippen molar-refractivity contribution < 1.29 is 17.9 Å². The van der Waals surface area contributed by atoms with E-state index < -0.39 is 11.7 Å². The summed E-state index contributed by atoms with van der Waals surface area (Å²) < 4.78 is 49.4. The third kappa shape index (κ3) is 8.29. The minimum atomic E-state index is -4.38. The first kappa shape index (κ1) is 27.1. The second-order valence-corrected chi connectivity index (χ2v) is 9.80. The second-order valence-electron chi connectivity index (χ2n) is 8.92. The number of likely N-dealkylation sites (tertiary alicyclic amines) is 1. The first-order valence-electron chi connectivity index (χ1n) is 12.6. The summed E-state index contributed by atoms with van der Waals surface area (Å²) >= 11 is 1.04. The van der Waals surface area contributed by atoms with Gasteiger partial charge in [0.15, 0.2) is 0 Å². The van der Waals surface area contributed by atoms with Crippen LogP contribution in [0.4, 0.5) is 25.1 Å². The van der Waals surface area contributed by atoms with Gasteiger partial charge in [-0.1, -0.05) is 24.6 Å². The fraction of sp³-hybridized carbons (Fsp3) is 0.462. The van der Waals surface area contributed by atoms with Gasteiger partial charge in [0.2, 0.25) is 5.95 Å². The predicted octanol–water partition coefficient (Wildman–Crippen LogP) is 6.30. The summed E-state index contributed by atoms with van der Waals surface area (Å²) in [5.74, 6) is 1.80. The molecule has 7 nitrogen and oxygen atoms in total. The number of hydrogen-bond donors (Lipinski definition) is 2. The van der Waals surface area contributed by atoms with Gasteiger partial charge < -0.3 is 10.1 Å². The molecule has 0 bridgehead atoms. The molecule has 0 aliphatic carbocycles. The van der Waals surface area contributed by atoms with E-state index in [1.807, 2.05) is 19.1 Å². The van der Waals surface area contributed by atoms with Crippen molar-refractivity contribution in [3.63, 3.8) is 0 Å². The lowest BCUT2D eigenvalue weighted by atomic mass is 10.1. The Hall–Kier alpha value is -2.92. The molecular formula is C26H33F3N6OS. The van der Waals surface area contributed by atoms with Gasteiger partial charge in [0.1, 0.15) is 5.75 Å². The maximum absolute atomic E-state index is 12.9. The maximum Gasteiger partial charge on any atom is 0.416 e. The van der Waals surface area contributed by atoms with Crippen LogP contribution in [0.25, 0.3) is 0 Å². The van der Waals surface area contributed by atoms with Gasteiger partial charge >= 0.3 is 6.18 Å². The standard InChI is InChI=1S/C26H33F3N6OS/c1-2-35-25(31-24(32-35)33-37-23-12-7-10-21(18-23)26(27,28)29)30-13-8-16-36-22-11-6-9-20(17-22)19-34-14-4-3-5-15-34/h6-7,9-12,17-18H,2-5,8,13-16,19H2,1H3,(H2,30,31,32,33). The number of hydrogen-bond acceptors (Lipinski definition) is 7. The maximum atomic E-state index is 12.9. The van der Waals surface area contributed by atoms with Crippen LogP contribution < -0.4 is 14.8 Å². The SMILES string of the molecule is CCn1nc(NSc2cccc(C(F)(F)F)c2)nc1NCCCOc1cccc(CN2CCCCC2)c1. The number of halogens is 3. The van der Waals surface area contributed by atoms with Crippen molar-refractivity contribution in [2.45, 2.75) is 56.8 Å². The van der Waals surface area contributed by atoms with Crippen molar-refractivity contribution in [2.24, 2.45) is 0 Å². The first-order valence-corrected chi connectivity index (χ1v) is 13.5. The highest BCUT2D eigenvalue weighted by atomic mass is 32.2. The summed E-state index contributed by atoms with van der Waals surface area (Å²) in [4.78, 5) is 7.35. The lowest BCUT2D eigenvalue weighted by Gasteiger charge is -2.26. The van der Waals surface area contributed by atoms with Crippen molar-refractivity contribution in [1.82, 2.24) is 19.7 Å². The highest BCUT2D eigenvalue weighted by molar-refractivity contribution is 8.00.